The molecule has 0 radical (unpaired) electrons. The lowest BCUT2D eigenvalue weighted by molar-refractivity contribution is 0.0846. The first kappa shape index (κ1) is 15.7. The predicted molar refractivity (Wildman–Crippen MR) is 86.3 cm³/mol. The van der Waals surface area contributed by atoms with Crippen molar-refractivity contribution in [3.63, 3.8) is 0 Å². The fraction of sp³-hybridized carbons (Fsp3) is 0.250. The molecule has 0 fully saturated rings. The molecule has 124 valence electrons. The summed E-state index contributed by atoms with van der Waals surface area (Å²) in [6.07, 6.45) is 0. The van der Waals surface area contributed by atoms with E-state index < -0.39 is 11.8 Å². The molecule has 2 amide bonds. The van der Waals surface area contributed by atoms with Gasteiger partial charge in [-0.1, -0.05) is 5.21 Å². The third-order valence-electron chi connectivity index (χ3n) is 3.65. The van der Waals surface area contributed by atoms with Gasteiger partial charge in [0.1, 0.15) is 17.0 Å². The van der Waals surface area contributed by atoms with E-state index in [9.17, 15) is 9.59 Å². The Hall–Kier alpha value is -3.16. The van der Waals surface area contributed by atoms with Crippen LogP contribution in [0.25, 0.3) is 11.0 Å². The number of rotatable bonds is 3. The largest absolute Gasteiger partial charge is 0.466 e. The van der Waals surface area contributed by atoms with Crippen LogP contribution < -0.4 is 10.9 Å². The number of furan rings is 1. The molecule has 0 saturated carbocycles. The summed E-state index contributed by atoms with van der Waals surface area (Å²) in [6.45, 7) is 6.10. The zero-order chi connectivity index (χ0) is 17.3. The lowest BCUT2D eigenvalue weighted by Gasteiger charge is -2.07. The molecule has 2 N–H and O–H groups in total. The minimum Gasteiger partial charge on any atom is -0.466 e. The van der Waals surface area contributed by atoms with Crippen LogP contribution in [0.15, 0.2) is 28.7 Å². The van der Waals surface area contributed by atoms with E-state index >= 15 is 0 Å². The van der Waals surface area contributed by atoms with E-state index in [0.29, 0.717) is 34.7 Å². The SMILES string of the molecule is CCn1nnc2cc(C(=O)NNC(=O)c3cc(C)oc3C)ccc21. The molecule has 3 rings (SSSR count). The minimum absolute atomic E-state index is 0.381. The van der Waals surface area contributed by atoms with E-state index in [0.717, 1.165) is 5.52 Å². The van der Waals surface area contributed by atoms with Crippen molar-refractivity contribution in [2.45, 2.75) is 27.3 Å². The predicted octanol–water partition coefficient (Wildman–Crippen LogP) is 1.74. The molecule has 1 aromatic carbocycles. The van der Waals surface area contributed by atoms with Gasteiger partial charge in [-0.2, -0.15) is 0 Å². The second kappa shape index (κ2) is 6.15. The Labute approximate surface area is 137 Å². The number of benzene rings is 1. The topological polar surface area (TPSA) is 102 Å². The van der Waals surface area contributed by atoms with Crippen LogP contribution >= 0.6 is 0 Å². The van der Waals surface area contributed by atoms with Gasteiger partial charge in [-0.25, -0.2) is 4.68 Å². The van der Waals surface area contributed by atoms with E-state index in [1.807, 2.05) is 6.92 Å². The Morgan fingerprint density at radius 3 is 2.58 bits per heavy atom. The maximum atomic E-state index is 12.2. The first-order chi connectivity index (χ1) is 11.5. The van der Waals surface area contributed by atoms with Crippen molar-refractivity contribution >= 4 is 22.8 Å². The molecule has 2 heterocycles. The van der Waals surface area contributed by atoms with Crippen LogP contribution in [0.2, 0.25) is 0 Å². The Bertz CT molecular complexity index is 925. The Kier molecular flexibility index (Phi) is 4.03. The number of nitrogens with one attached hydrogen (secondary N) is 2. The Morgan fingerprint density at radius 1 is 1.17 bits per heavy atom. The zero-order valence-electron chi connectivity index (χ0n) is 13.6. The van der Waals surface area contributed by atoms with Gasteiger partial charge in [-0.3, -0.25) is 20.4 Å². The summed E-state index contributed by atoms with van der Waals surface area (Å²) < 4.78 is 7.04. The first-order valence-electron chi connectivity index (χ1n) is 7.50. The minimum atomic E-state index is -0.436. The molecule has 0 spiro atoms. The standard InChI is InChI=1S/C16H17N5O3/c1-4-21-14-6-5-11(8-13(14)17-20-21)15(22)18-19-16(23)12-7-9(2)24-10(12)3/h5-8H,4H2,1-3H3,(H,18,22)(H,19,23). The van der Waals surface area contributed by atoms with E-state index in [1.54, 1.807) is 42.8 Å². The average molecular weight is 327 g/mol. The van der Waals surface area contributed by atoms with Crippen molar-refractivity contribution in [2.24, 2.45) is 0 Å². The maximum absolute atomic E-state index is 12.2. The van der Waals surface area contributed by atoms with Gasteiger partial charge in [-0.05, 0) is 45.0 Å². The van der Waals surface area contributed by atoms with E-state index in [1.165, 1.54) is 0 Å². The summed E-state index contributed by atoms with van der Waals surface area (Å²) in [5, 5.41) is 8.02. The second-order valence-electron chi connectivity index (χ2n) is 5.34. The quantitative estimate of drug-likeness (QED) is 0.713. The maximum Gasteiger partial charge on any atom is 0.273 e. The van der Waals surface area contributed by atoms with Crippen LogP contribution in [0.1, 0.15) is 39.2 Å². The molecule has 2 aromatic heterocycles. The third-order valence-corrected chi connectivity index (χ3v) is 3.65. The molecule has 0 bridgehead atoms. The molecule has 0 aliphatic heterocycles. The van der Waals surface area contributed by atoms with Crippen LogP contribution in [-0.4, -0.2) is 26.8 Å². The zero-order valence-corrected chi connectivity index (χ0v) is 13.6. The number of hydrogen-bond acceptors (Lipinski definition) is 5. The highest BCUT2D eigenvalue weighted by atomic mass is 16.3. The summed E-state index contributed by atoms with van der Waals surface area (Å²) in [5.41, 5.74) is 7.00. The highest BCUT2D eigenvalue weighted by molar-refractivity contribution is 6.00. The molecule has 8 heteroatoms. The summed E-state index contributed by atoms with van der Waals surface area (Å²) in [4.78, 5) is 24.2. The van der Waals surface area contributed by atoms with Crippen LogP contribution in [-0.2, 0) is 6.54 Å². The van der Waals surface area contributed by atoms with Crippen molar-refractivity contribution in [3.8, 4) is 0 Å². The fourth-order valence-electron chi connectivity index (χ4n) is 2.46. The normalized spacial score (nSPS) is 10.8. The number of aromatic nitrogens is 3. The Morgan fingerprint density at radius 2 is 1.92 bits per heavy atom. The van der Waals surface area contributed by atoms with E-state index in [2.05, 4.69) is 21.2 Å². The van der Waals surface area contributed by atoms with E-state index in [-0.39, 0.29) is 0 Å². The van der Waals surface area contributed by atoms with Crippen LogP contribution in [0.3, 0.4) is 0 Å². The van der Waals surface area contributed by atoms with Gasteiger partial charge in [-0.15, -0.1) is 5.10 Å². The smallest absolute Gasteiger partial charge is 0.273 e. The van der Waals surface area contributed by atoms with Gasteiger partial charge in [0.25, 0.3) is 11.8 Å². The summed E-state index contributed by atoms with van der Waals surface area (Å²) in [7, 11) is 0. The molecule has 0 atom stereocenters. The number of nitrogens with zero attached hydrogens (tertiary/aromatic N) is 3. The second-order valence-corrected chi connectivity index (χ2v) is 5.34. The van der Waals surface area contributed by atoms with Crippen molar-refractivity contribution in [1.29, 1.82) is 0 Å². The number of carbonyl (C=O) groups is 2. The van der Waals surface area contributed by atoms with Crippen molar-refractivity contribution in [1.82, 2.24) is 25.8 Å². The molecular weight excluding hydrogens is 310 g/mol. The van der Waals surface area contributed by atoms with Gasteiger partial charge in [0, 0.05) is 12.1 Å². The van der Waals surface area contributed by atoms with Gasteiger partial charge < -0.3 is 4.42 Å². The fourth-order valence-corrected chi connectivity index (χ4v) is 2.46. The van der Waals surface area contributed by atoms with Gasteiger partial charge in [0.15, 0.2) is 0 Å². The van der Waals surface area contributed by atoms with Gasteiger partial charge in [0.05, 0.1) is 11.1 Å². The molecule has 24 heavy (non-hydrogen) atoms. The van der Waals surface area contributed by atoms with Crippen LogP contribution in [0, 0.1) is 13.8 Å². The number of amides is 2. The monoisotopic (exact) mass is 327 g/mol. The van der Waals surface area contributed by atoms with E-state index in [4.69, 9.17) is 4.42 Å². The number of hydrogen-bond donors (Lipinski definition) is 2. The highest BCUT2D eigenvalue weighted by Gasteiger charge is 2.15. The molecule has 8 nitrogen and oxygen atoms in total. The van der Waals surface area contributed by atoms with Gasteiger partial charge in [0.2, 0.25) is 0 Å². The number of aryl methyl sites for hydroxylation is 3. The van der Waals surface area contributed by atoms with Crippen molar-refractivity contribution < 1.29 is 14.0 Å². The summed E-state index contributed by atoms with van der Waals surface area (Å²) in [5.74, 6) is 0.259. The lowest BCUT2D eigenvalue weighted by Crippen LogP contribution is -2.41. The van der Waals surface area contributed by atoms with Crippen molar-refractivity contribution in [3.05, 3.63) is 46.9 Å². The summed E-state index contributed by atoms with van der Waals surface area (Å²) in [6, 6.07) is 6.68. The third kappa shape index (κ3) is 2.85. The molecule has 0 unspecified atom stereocenters. The number of carbonyl (C=O) groups excluding carboxylic acids is 2. The first-order valence-corrected chi connectivity index (χ1v) is 7.50. The average Bonchev–Trinajstić information content (AvgIpc) is 3.13. The summed E-state index contributed by atoms with van der Waals surface area (Å²) >= 11 is 0. The van der Waals surface area contributed by atoms with Crippen LogP contribution in [0.4, 0.5) is 0 Å². The molecule has 3 aromatic rings. The number of hydrazine groups is 1. The Balaban J connectivity index is 1.71. The number of fused-ring (bicyclic) bond motifs is 1. The molecular formula is C16H17N5O3. The van der Waals surface area contributed by atoms with Crippen LogP contribution in [0.5, 0.6) is 0 Å². The lowest BCUT2D eigenvalue weighted by atomic mass is 10.2. The highest BCUT2D eigenvalue weighted by Crippen LogP contribution is 2.14. The molecule has 0 aliphatic carbocycles. The molecule has 0 aliphatic rings. The van der Waals surface area contributed by atoms with Gasteiger partial charge >= 0.3 is 0 Å². The molecule has 0 saturated heterocycles. The van der Waals surface area contributed by atoms with Crippen molar-refractivity contribution in [2.75, 3.05) is 0 Å².